The number of hydrogen-bond acceptors (Lipinski definition) is 4. The zero-order valence-electron chi connectivity index (χ0n) is 12.4. The standard InChI is InChI=1S/C16H19NO3S/c1-11(9-13-5-4-8-21-13)17-16(18)14-7-6-12(19-2)10-15(14)20-3/h4-8,10-11H,9H2,1-3H3,(H,17,18). The molecule has 4 nitrogen and oxygen atoms in total. The third kappa shape index (κ3) is 3.98. The highest BCUT2D eigenvalue weighted by atomic mass is 32.1. The molecule has 1 atom stereocenters. The van der Waals surface area contributed by atoms with E-state index in [1.165, 1.54) is 4.88 Å². The van der Waals surface area contributed by atoms with Crippen molar-refractivity contribution in [1.82, 2.24) is 5.32 Å². The second-order valence-electron chi connectivity index (χ2n) is 4.72. The molecule has 21 heavy (non-hydrogen) atoms. The van der Waals surface area contributed by atoms with Gasteiger partial charge in [0.25, 0.3) is 5.91 Å². The summed E-state index contributed by atoms with van der Waals surface area (Å²) < 4.78 is 10.4. The third-order valence-electron chi connectivity index (χ3n) is 3.12. The molecule has 0 aliphatic heterocycles. The zero-order valence-corrected chi connectivity index (χ0v) is 13.2. The van der Waals surface area contributed by atoms with Crippen molar-refractivity contribution >= 4 is 17.2 Å². The molecule has 0 aliphatic rings. The Kier molecular flexibility index (Phi) is 5.22. The van der Waals surface area contributed by atoms with E-state index < -0.39 is 0 Å². The van der Waals surface area contributed by atoms with Crippen molar-refractivity contribution in [2.75, 3.05) is 14.2 Å². The van der Waals surface area contributed by atoms with E-state index in [2.05, 4.69) is 11.4 Å². The minimum atomic E-state index is -0.140. The average Bonchev–Trinajstić information content (AvgIpc) is 2.99. The maximum atomic E-state index is 12.3. The number of methoxy groups -OCH3 is 2. The molecule has 0 aliphatic carbocycles. The fourth-order valence-electron chi connectivity index (χ4n) is 2.07. The number of hydrogen-bond donors (Lipinski definition) is 1. The van der Waals surface area contributed by atoms with Gasteiger partial charge in [0.2, 0.25) is 0 Å². The van der Waals surface area contributed by atoms with E-state index in [1.54, 1.807) is 43.8 Å². The van der Waals surface area contributed by atoms with E-state index in [0.717, 1.165) is 6.42 Å². The lowest BCUT2D eigenvalue weighted by Crippen LogP contribution is -2.34. The number of rotatable bonds is 6. The summed E-state index contributed by atoms with van der Waals surface area (Å²) in [6.45, 7) is 1.99. The molecule has 2 aromatic rings. The van der Waals surface area contributed by atoms with Gasteiger partial charge in [-0.05, 0) is 30.5 Å². The first-order valence-electron chi connectivity index (χ1n) is 6.69. The van der Waals surface area contributed by atoms with E-state index in [1.807, 2.05) is 18.4 Å². The highest BCUT2D eigenvalue weighted by Crippen LogP contribution is 2.24. The predicted molar refractivity (Wildman–Crippen MR) is 84.5 cm³/mol. The number of benzene rings is 1. The van der Waals surface area contributed by atoms with Crippen LogP contribution in [0.15, 0.2) is 35.7 Å². The SMILES string of the molecule is COc1ccc(C(=O)NC(C)Cc2cccs2)c(OC)c1. The maximum Gasteiger partial charge on any atom is 0.255 e. The molecule has 0 spiro atoms. The molecule has 1 aromatic carbocycles. The molecular formula is C16H19NO3S. The molecule has 5 heteroatoms. The van der Waals surface area contributed by atoms with Gasteiger partial charge in [0.1, 0.15) is 11.5 Å². The van der Waals surface area contributed by atoms with Crippen molar-refractivity contribution in [2.45, 2.75) is 19.4 Å². The summed E-state index contributed by atoms with van der Waals surface area (Å²) in [5.41, 5.74) is 0.510. The van der Waals surface area contributed by atoms with Gasteiger partial charge in [-0.2, -0.15) is 0 Å². The normalized spacial score (nSPS) is 11.8. The van der Waals surface area contributed by atoms with E-state index >= 15 is 0 Å². The molecule has 0 saturated heterocycles. The van der Waals surface area contributed by atoms with Crippen LogP contribution in [0.4, 0.5) is 0 Å². The van der Waals surface area contributed by atoms with Crippen LogP contribution in [0.1, 0.15) is 22.2 Å². The van der Waals surface area contributed by atoms with Gasteiger partial charge in [-0.3, -0.25) is 4.79 Å². The van der Waals surface area contributed by atoms with Crippen LogP contribution in [0.2, 0.25) is 0 Å². The summed E-state index contributed by atoms with van der Waals surface area (Å²) in [6, 6.07) is 9.32. The zero-order chi connectivity index (χ0) is 15.2. The summed E-state index contributed by atoms with van der Waals surface area (Å²) >= 11 is 1.69. The molecule has 1 unspecified atom stereocenters. The van der Waals surface area contributed by atoms with Gasteiger partial charge >= 0.3 is 0 Å². The first-order chi connectivity index (χ1) is 10.1. The largest absolute Gasteiger partial charge is 0.497 e. The average molecular weight is 305 g/mol. The van der Waals surface area contributed by atoms with Gasteiger partial charge < -0.3 is 14.8 Å². The van der Waals surface area contributed by atoms with Crippen LogP contribution < -0.4 is 14.8 Å². The topological polar surface area (TPSA) is 47.6 Å². The molecule has 0 bridgehead atoms. The van der Waals surface area contributed by atoms with Crippen LogP contribution >= 0.6 is 11.3 Å². The van der Waals surface area contributed by atoms with Gasteiger partial charge in [-0.1, -0.05) is 6.07 Å². The summed E-state index contributed by atoms with van der Waals surface area (Å²) in [6.07, 6.45) is 0.821. The molecule has 1 aromatic heterocycles. The van der Waals surface area contributed by atoms with Gasteiger partial charge in [0.05, 0.1) is 19.8 Å². The molecule has 1 heterocycles. The van der Waals surface area contributed by atoms with Gasteiger partial charge in [0, 0.05) is 23.4 Å². The van der Waals surface area contributed by atoms with Crippen molar-refractivity contribution in [1.29, 1.82) is 0 Å². The minimum absolute atomic E-state index is 0.0583. The van der Waals surface area contributed by atoms with Gasteiger partial charge in [-0.15, -0.1) is 11.3 Å². The summed E-state index contributed by atoms with van der Waals surface area (Å²) in [7, 11) is 3.12. The van der Waals surface area contributed by atoms with E-state index in [-0.39, 0.29) is 11.9 Å². The Bertz CT molecular complexity index is 596. The molecule has 2 rings (SSSR count). The number of nitrogens with one attached hydrogen (secondary N) is 1. The van der Waals surface area contributed by atoms with Crippen molar-refractivity contribution in [2.24, 2.45) is 0 Å². The smallest absolute Gasteiger partial charge is 0.255 e. The fourth-order valence-corrected chi connectivity index (χ4v) is 2.90. The Balaban J connectivity index is 2.05. The summed E-state index contributed by atoms with van der Waals surface area (Å²) in [5, 5.41) is 5.03. The number of amides is 1. The van der Waals surface area contributed by atoms with Crippen LogP contribution in [0, 0.1) is 0 Å². The number of carbonyl (C=O) groups excluding carboxylic acids is 1. The number of thiophene rings is 1. The minimum Gasteiger partial charge on any atom is -0.497 e. The number of ether oxygens (including phenoxy) is 2. The Hall–Kier alpha value is -2.01. The van der Waals surface area contributed by atoms with Gasteiger partial charge in [0.15, 0.2) is 0 Å². The first-order valence-corrected chi connectivity index (χ1v) is 7.57. The van der Waals surface area contributed by atoms with Crippen LogP contribution in [-0.2, 0) is 6.42 Å². The Morgan fingerprint density at radius 2 is 2.10 bits per heavy atom. The maximum absolute atomic E-state index is 12.3. The van der Waals surface area contributed by atoms with E-state index in [0.29, 0.717) is 17.1 Å². The summed E-state index contributed by atoms with van der Waals surface area (Å²) in [4.78, 5) is 13.6. The van der Waals surface area contributed by atoms with Crippen LogP contribution in [0.5, 0.6) is 11.5 Å². The van der Waals surface area contributed by atoms with Gasteiger partial charge in [-0.25, -0.2) is 0 Å². The van der Waals surface area contributed by atoms with Crippen molar-refractivity contribution in [3.8, 4) is 11.5 Å². The van der Waals surface area contributed by atoms with Crippen LogP contribution in [0.3, 0.4) is 0 Å². The molecule has 0 radical (unpaired) electrons. The second-order valence-corrected chi connectivity index (χ2v) is 5.76. The second kappa shape index (κ2) is 7.13. The molecule has 0 saturated carbocycles. The Morgan fingerprint density at radius 1 is 1.29 bits per heavy atom. The molecule has 112 valence electrons. The molecule has 1 amide bonds. The highest BCUT2D eigenvalue weighted by Gasteiger charge is 2.15. The molecular weight excluding hydrogens is 286 g/mol. The summed E-state index contributed by atoms with van der Waals surface area (Å²) in [5.74, 6) is 1.03. The quantitative estimate of drug-likeness (QED) is 0.892. The lowest BCUT2D eigenvalue weighted by atomic mass is 10.1. The Morgan fingerprint density at radius 3 is 2.71 bits per heavy atom. The first kappa shape index (κ1) is 15.4. The van der Waals surface area contributed by atoms with Crippen LogP contribution in [-0.4, -0.2) is 26.2 Å². The highest BCUT2D eigenvalue weighted by molar-refractivity contribution is 7.09. The monoisotopic (exact) mass is 305 g/mol. The van der Waals surface area contributed by atoms with Crippen molar-refractivity contribution in [3.63, 3.8) is 0 Å². The van der Waals surface area contributed by atoms with Crippen molar-refractivity contribution in [3.05, 3.63) is 46.2 Å². The number of carbonyl (C=O) groups is 1. The fraction of sp³-hybridized carbons (Fsp3) is 0.312. The Labute approximate surface area is 128 Å². The molecule has 1 N–H and O–H groups in total. The lowest BCUT2D eigenvalue weighted by molar-refractivity contribution is 0.0937. The van der Waals surface area contributed by atoms with E-state index in [9.17, 15) is 4.79 Å². The molecule has 0 fully saturated rings. The van der Waals surface area contributed by atoms with Crippen molar-refractivity contribution < 1.29 is 14.3 Å². The third-order valence-corrected chi connectivity index (χ3v) is 4.02. The lowest BCUT2D eigenvalue weighted by Gasteiger charge is -2.15. The van der Waals surface area contributed by atoms with Crippen LogP contribution in [0.25, 0.3) is 0 Å². The predicted octanol–water partition coefficient (Wildman–Crippen LogP) is 3.13. The van der Waals surface area contributed by atoms with E-state index in [4.69, 9.17) is 9.47 Å².